The first kappa shape index (κ1) is 8.81. The van der Waals surface area contributed by atoms with E-state index in [4.69, 9.17) is 4.74 Å². The van der Waals surface area contributed by atoms with Crippen molar-refractivity contribution in [1.29, 1.82) is 0 Å². The molecule has 1 saturated heterocycles. The van der Waals surface area contributed by atoms with Crippen LogP contribution < -0.4 is 0 Å². The predicted molar refractivity (Wildman–Crippen MR) is 59.5 cm³/mol. The van der Waals surface area contributed by atoms with Gasteiger partial charge in [0.25, 0.3) is 0 Å². The summed E-state index contributed by atoms with van der Waals surface area (Å²) in [6, 6.07) is 8.76. The van der Waals surface area contributed by atoms with Crippen molar-refractivity contribution in [1.82, 2.24) is 0 Å². The second-order valence-corrected chi connectivity index (χ2v) is 5.32. The SMILES string of the molecule is c1ccc2c(c1)CCCC21OCCS1. The Balaban J connectivity index is 2.10. The molecule has 1 aliphatic heterocycles. The highest BCUT2D eigenvalue weighted by molar-refractivity contribution is 8.00. The van der Waals surface area contributed by atoms with Gasteiger partial charge >= 0.3 is 0 Å². The van der Waals surface area contributed by atoms with E-state index in [2.05, 4.69) is 24.3 Å². The summed E-state index contributed by atoms with van der Waals surface area (Å²) < 4.78 is 5.97. The number of benzene rings is 1. The molecule has 0 saturated carbocycles. The van der Waals surface area contributed by atoms with Crippen LogP contribution in [-0.2, 0) is 16.1 Å². The van der Waals surface area contributed by atoms with Crippen molar-refractivity contribution in [2.24, 2.45) is 0 Å². The Morgan fingerprint density at radius 2 is 2.21 bits per heavy atom. The van der Waals surface area contributed by atoms with Crippen LogP contribution in [0.25, 0.3) is 0 Å². The van der Waals surface area contributed by atoms with Gasteiger partial charge in [-0.2, -0.15) is 0 Å². The van der Waals surface area contributed by atoms with Crippen LogP contribution >= 0.6 is 11.8 Å². The van der Waals surface area contributed by atoms with Crippen LogP contribution in [0, 0.1) is 0 Å². The molecule has 1 heterocycles. The average molecular weight is 206 g/mol. The van der Waals surface area contributed by atoms with Gasteiger partial charge in [-0.25, -0.2) is 0 Å². The Kier molecular flexibility index (Phi) is 2.06. The summed E-state index contributed by atoms with van der Waals surface area (Å²) in [6.45, 7) is 0.916. The molecule has 0 bridgehead atoms. The minimum atomic E-state index is 0.0227. The maximum absolute atomic E-state index is 5.97. The lowest BCUT2D eigenvalue weighted by molar-refractivity contribution is 0.0361. The summed E-state index contributed by atoms with van der Waals surface area (Å²) in [5, 5.41) is 0. The van der Waals surface area contributed by atoms with Gasteiger partial charge in [-0.1, -0.05) is 24.3 Å². The highest BCUT2D eigenvalue weighted by atomic mass is 32.2. The highest BCUT2D eigenvalue weighted by Gasteiger charge is 2.40. The van der Waals surface area contributed by atoms with Crippen molar-refractivity contribution in [3.05, 3.63) is 35.4 Å². The fourth-order valence-electron chi connectivity index (χ4n) is 2.51. The molecule has 0 amide bonds. The number of fused-ring (bicyclic) bond motifs is 2. The first-order valence-corrected chi connectivity index (χ1v) is 6.26. The van der Waals surface area contributed by atoms with E-state index in [0.717, 1.165) is 12.4 Å². The van der Waals surface area contributed by atoms with Gasteiger partial charge in [0.1, 0.15) is 4.93 Å². The molecule has 74 valence electrons. The molecule has 2 heteroatoms. The molecule has 3 rings (SSSR count). The molecule has 1 aromatic carbocycles. The number of aryl methyl sites for hydroxylation is 1. The number of ether oxygens (including phenoxy) is 1. The Hall–Kier alpha value is -0.470. The Bertz CT molecular complexity index is 342. The van der Waals surface area contributed by atoms with E-state index in [0.29, 0.717) is 0 Å². The molecule has 0 N–H and O–H groups in total. The summed E-state index contributed by atoms with van der Waals surface area (Å²) in [7, 11) is 0. The summed E-state index contributed by atoms with van der Waals surface area (Å²) in [6.07, 6.45) is 3.68. The van der Waals surface area contributed by atoms with E-state index < -0.39 is 0 Å². The third kappa shape index (κ3) is 1.21. The van der Waals surface area contributed by atoms with E-state index in [9.17, 15) is 0 Å². The van der Waals surface area contributed by atoms with Gasteiger partial charge in [-0.3, -0.25) is 0 Å². The molecule has 1 nitrogen and oxygen atoms in total. The van der Waals surface area contributed by atoms with Crippen LogP contribution in [0.3, 0.4) is 0 Å². The zero-order valence-corrected chi connectivity index (χ0v) is 8.98. The van der Waals surface area contributed by atoms with Crippen LogP contribution in [0.4, 0.5) is 0 Å². The summed E-state index contributed by atoms with van der Waals surface area (Å²) in [4.78, 5) is 0.0227. The average Bonchev–Trinajstić information content (AvgIpc) is 2.68. The van der Waals surface area contributed by atoms with Gasteiger partial charge in [0.2, 0.25) is 0 Å². The minimum absolute atomic E-state index is 0.0227. The summed E-state index contributed by atoms with van der Waals surface area (Å²) in [5.41, 5.74) is 2.93. The molecule has 1 aromatic rings. The van der Waals surface area contributed by atoms with E-state index in [1.165, 1.54) is 30.4 Å². The Morgan fingerprint density at radius 1 is 1.29 bits per heavy atom. The fourth-order valence-corrected chi connectivity index (χ4v) is 3.82. The van der Waals surface area contributed by atoms with Gasteiger partial charge in [0, 0.05) is 5.75 Å². The normalized spacial score (nSPS) is 30.6. The van der Waals surface area contributed by atoms with Crippen LogP contribution in [0.15, 0.2) is 24.3 Å². The van der Waals surface area contributed by atoms with Crippen LogP contribution in [0.5, 0.6) is 0 Å². The van der Waals surface area contributed by atoms with E-state index >= 15 is 0 Å². The van der Waals surface area contributed by atoms with Crippen molar-refractivity contribution in [3.8, 4) is 0 Å². The van der Waals surface area contributed by atoms with Gasteiger partial charge in [-0.15, -0.1) is 11.8 Å². The van der Waals surface area contributed by atoms with E-state index in [1.807, 2.05) is 11.8 Å². The number of rotatable bonds is 0. The maximum Gasteiger partial charge on any atom is 0.139 e. The molecule has 1 spiro atoms. The third-order valence-corrected chi connectivity index (χ3v) is 4.51. The smallest absolute Gasteiger partial charge is 0.139 e. The standard InChI is InChI=1S/C12H14OS/c1-2-6-11-10(4-1)5-3-7-12(11)13-8-9-14-12/h1-2,4,6H,3,5,7-9H2. The fraction of sp³-hybridized carbons (Fsp3) is 0.500. The lowest BCUT2D eigenvalue weighted by Crippen LogP contribution is -2.26. The van der Waals surface area contributed by atoms with Crippen LogP contribution in [0.2, 0.25) is 0 Å². The van der Waals surface area contributed by atoms with E-state index in [-0.39, 0.29) is 4.93 Å². The van der Waals surface area contributed by atoms with Crippen LogP contribution in [0.1, 0.15) is 24.0 Å². The van der Waals surface area contributed by atoms with E-state index in [1.54, 1.807) is 0 Å². The second-order valence-electron chi connectivity index (χ2n) is 3.96. The first-order chi connectivity index (χ1) is 6.91. The Morgan fingerprint density at radius 3 is 3.07 bits per heavy atom. The van der Waals surface area contributed by atoms with Crippen molar-refractivity contribution in [2.75, 3.05) is 12.4 Å². The zero-order chi connectivity index (χ0) is 9.43. The molecule has 14 heavy (non-hydrogen) atoms. The minimum Gasteiger partial charge on any atom is -0.359 e. The second kappa shape index (κ2) is 3.28. The van der Waals surface area contributed by atoms with Gasteiger partial charge in [0.05, 0.1) is 6.61 Å². The molecule has 2 aliphatic rings. The molecule has 1 unspecified atom stereocenters. The maximum atomic E-state index is 5.97. The van der Waals surface area contributed by atoms with Crippen molar-refractivity contribution in [3.63, 3.8) is 0 Å². The molecule has 1 fully saturated rings. The monoisotopic (exact) mass is 206 g/mol. The first-order valence-electron chi connectivity index (χ1n) is 5.27. The van der Waals surface area contributed by atoms with Gasteiger partial charge < -0.3 is 4.74 Å². The molecule has 1 atom stereocenters. The molecule has 1 aliphatic carbocycles. The highest BCUT2D eigenvalue weighted by Crippen LogP contribution is 2.49. The largest absolute Gasteiger partial charge is 0.359 e. The third-order valence-electron chi connectivity index (χ3n) is 3.13. The molecule has 0 aromatic heterocycles. The molecular weight excluding hydrogens is 192 g/mol. The lowest BCUT2D eigenvalue weighted by Gasteiger charge is -2.33. The quantitative estimate of drug-likeness (QED) is 0.645. The molecule has 0 radical (unpaired) electrons. The topological polar surface area (TPSA) is 9.23 Å². The predicted octanol–water partition coefficient (Wildman–Crippen LogP) is 2.94. The number of thioether (sulfide) groups is 1. The molecular formula is C12H14OS. The number of hydrogen-bond acceptors (Lipinski definition) is 2. The van der Waals surface area contributed by atoms with Crippen LogP contribution in [-0.4, -0.2) is 12.4 Å². The zero-order valence-electron chi connectivity index (χ0n) is 8.16. The summed E-state index contributed by atoms with van der Waals surface area (Å²) in [5.74, 6) is 1.15. The van der Waals surface area contributed by atoms with Crippen molar-refractivity contribution < 1.29 is 4.74 Å². The number of hydrogen-bond donors (Lipinski definition) is 0. The van der Waals surface area contributed by atoms with Crippen molar-refractivity contribution >= 4 is 11.8 Å². The van der Waals surface area contributed by atoms with Gasteiger partial charge in [0.15, 0.2) is 0 Å². The summed E-state index contributed by atoms with van der Waals surface area (Å²) >= 11 is 1.99. The lowest BCUT2D eigenvalue weighted by atomic mass is 9.89. The van der Waals surface area contributed by atoms with Gasteiger partial charge in [-0.05, 0) is 30.4 Å². The Labute approximate surface area is 88.8 Å². The van der Waals surface area contributed by atoms with Crippen molar-refractivity contribution in [2.45, 2.75) is 24.2 Å².